The van der Waals surface area contributed by atoms with Crippen molar-refractivity contribution < 1.29 is 18.3 Å². The van der Waals surface area contributed by atoms with Crippen LogP contribution in [0.1, 0.15) is 158 Å². The Morgan fingerprint density at radius 3 is 1.35 bits per heavy atom. The highest BCUT2D eigenvalue weighted by Crippen LogP contribution is 2.21. The first-order valence-corrected chi connectivity index (χ1v) is 19.1. The van der Waals surface area contributed by atoms with Gasteiger partial charge in [-0.15, -0.1) is 0 Å². The predicted octanol–water partition coefficient (Wildman–Crippen LogP) is 12.8. The lowest BCUT2D eigenvalue weighted by Crippen LogP contribution is -1.99. The van der Waals surface area contributed by atoms with E-state index in [2.05, 4.69) is 50.5 Å². The lowest BCUT2D eigenvalue weighted by Gasteiger charge is -2.08. The zero-order valence-corrected chi connectivity index (χ0v) is 30.4. The van der Waals surface area contributed by atoms with E-state index in [1.54, 1.807) is 12.1 Å². The summed E-state index contributed by atoms with van der Waals surface area (Å²) in [5.41, 5.74) is 4.14. The number of benzene rings is 3. The third-order valence-electron chi connectivity index (χ3n) is 8.72. The summed E-state index contributed by atoms with van der Waals surface area (Å²) < 4.78 is 40.8. The Morgan fingerprint density at radius 2 is 0.857 bits per heavy atom. The zero-order chi connectivity index (χ0) is 34.9. The SMILES string of the molecule is CCCCCCCCCCCc1cc(C#Cc2ccc(OCCCCCC)c(F)c2)ccc1C#Cc1ccc(OCCCCCC)c(F)c1. The lowest BCUT2D eigenvalue weighted by molar-refractivity contribution is 0.290. The number of hydrogen-bond donors (Lipinski definition) is 0. The van der Waals surface area contributed by atoms with E-state index in [1.165, 1.54) is 63.5 Å². The maximum atomic E-state index is 14.8. The van der Waals surface area contributed by atoms with Crippen LogP contribution in [0, 0.1) is 35.3 Å². The molecular weight excluding hydrogens is 610 g/mol. The highest BCUT2D eigenvalue weighted by molar-refractivity contribution is 5.52. The molecule has 2 nitrogen and oxygen atoms in total. The van der Waals surface area contributed by atoms with Crippen LogP contribution in [0.15, 0.2) is 54.6 Å². The van der Waals surface area contributed by atoms with Gasteiger partial charge < -0.3 is 9.47 Å². The molecule has 0 spiro atoms. The van der Waals surface area contributed by atoms with Crippen LogP contribution in [0.5, 0.6) is 11.5 Å². The summed E-state index contributed by atoms with van der Waals surface area (Å²) in [6.45, 7) is 7.63. The van der Waals surface area contributed by atoms with Gasteiger partial charge in [-0.25, -0.2) is 8.78 Å². The molecule has 0 aliphatic rings. The first-order chi connectivity index (χ1) is 24.0. The third-order valence-corrected chi connectivity index (χ3v) is 8.72. The molecule has 0 heterocycles. The topological polar surface area (TPSA) is 18.5 Å². The Morgan fingerprint density at radius 1 is 0.449 bits per heavy atom. The van der Waals surface area contributed by atoms with Crippen molar-refractivity contribution in [1.82, 2.24) is 0 Å². The number of rotatable bonds is 22. The van der Waals surface area contributed by atoms with Gasteiger partial charge in [0, 0.05) is 22.3 Å². The third kappa shape index (κ3) is 16.0. The average Bonchev–Trinajstić information content (AvgIpc) is 3.10. The van der Waals surface area contributed by atoms with Crippen LogP contribution < -0.4 is 9.47 Å². The van der Waals surface area contributed by atoms with Crippen LogP contribution in [0.4, 0.5) is 8.78 Å². The number of hydrogen-bond acceptors (Lipinski definition) is 2. The van der Waals surface area contributed by atoms with Gasteiger partial charge in [0.05, 0.1) is 13.2 Å². The predicted molar refractivity (Wildman–Crippen MR) is 201 cm³/mol. The average molecular weight is 669 g/mol. The lowest BCUT2D eigenvalue weighted by atomic mass is 9.97. The Bertz CT molecular complexity index is 1500. The second kappa shape index (κ2) is 24.4. The summed E-state index contributed by atoms with van der Waals surface area (Å²) in [5, 5.41) is 0. The molecule has 0 aromatic heterocycles. The van der Waals surface area contributed by atoms with Gasteiger partial charge in [-0.1, -0.05) is 134 Å². The van der Waals surface area contributed by atoms with E-state index in [0.29, 0.717) is 24.3 Å². The second-order valence-electron chi connectivity index (χ2n) is 13.1. The van der Waals surface area contributed by atoms with Crippen LogP contribution >= 0.6 is 0 Å². The quantitative estimate of drug-likeness (QED) is 0.0783. The molecule has 0 saturated carbocycles. The number of aryl methyl sites for hydroxylation is 1. The van der Waals surface area contributed by atoms with Crippen molar-refractivity contribution in [2.24, 2.45) is 0 Å². The summed E-state index contributed by atoms with van der Waals surface area (Å²) in [4.78, 5) is 0. The standard InChI is InChI=1S/C45H58F2O2/c1-4-7-10-13-14-15-16-17-18-21-41-34-37(22-23-38-26-30-44(42(46)35-38)48-32-19-11-8-5-2)24-28-40(41)29-25-39-27-31-45(43(47)36-39)49-33-20-12-9-6-3/h24,26-28,30-31,34-36H,4-21,32-33H2,1-3H3. The molecule has 0 unspecified atom stereocenters. The van der Waals surface area contributed by atoms with Gasteiger partial charge in [0.2, 0.25) is 0 Å². The van der Waals surface area contributed by atoms with Crippen LogP contribution in [-0.4, -0.2) is 13.2 Å². The summed E-state index contributed by atoms with van der Waals surface area (Å²) >= 11 is 0. The summed E-state index contributed by atoms with van der Waals surface area (Å²) in [5.74, 6) is 12.6. The van der Waals surface area contributed by atoms with Gasteiger partial charge in [0.1, 0.15) is 0 Å². The van der Waals surface area contributed by atoms with Crippen molar-refractivity contribution in [3.8, 4) is 35.2 Å². The molecule has 264 valence electrons. The van der Waals surface area contributed by atoms with E-state index in [-0.39, 0.29) is 23.1 Å². The minimum absolute atomic E-state index is 0.276. The second-order valence-corrected chi connectivity index (χ2v) is 13.1. The van der Waals surface area contributed by atoms with E-state index in [9.17, 15) is 8.78 Å². The first-order valence-electron chi connectivity index (χ1n) is 19.1. The molecule has 49 heavy (non-hydrogen) atoms. The summed E-state index contributed by atoms with van der Waals surface area (Å²) in [6.07, 6.45) is 20.9. The zero-order valence-electron chi connectivity index (χ0n) is 30.4. The van der Waals surface area contributed by atoms with Crippen molar-refractivity contribution in [2.75, 3.05) is 13.2 Å². The molecule has 4 heteroatoms. The molecule has 3 aromatic rings. The molecule has 0 saturated heterocycles. The van der Waals surface area contributed by atoms with E-state index in [1.807, 2.05) is 24.3 Å². The number of halogens is 2. The summed E-state index contributed by atoms with van der Waals surface area (Å²) in [6, 6.07) is 15.9. The molecule has 0 aliphatic carbocycles. The van der Waals surface area contributed by atoms with Crippen molar-refractivity contribution >= 4 is 0 Å². The van der Waals surface area contributed by atoms with E-state index >= 15 is 0 Å². The van der Waals surface area contributed by atoms with E-state index < -0.39 is 0 Å². The fourth-order valence-electron chi connectivity index (χ4n) is 5.72. The van der Waals surface area contributed by atoms with Gasteiger partial charge in [0.25, 0.3) is 0 Å². The molecule has 0 radical (unpaired) electrons. The Balaban J connectivity index is 1.69. The molecule has 3 aromatic carbocycles. The fraction of sp³-hybridized carbons (Fsp3) is 0.511. The highest BCUT2D eigenvalue weighted by Gasteiger charge is 2.07. The Hall–Kier alpha value is -3.76. The molecule has 0 bridgehead atoms. The maximum absolute atomic E-state index is 14.8. The van der Waals surface area contributed by atoms with Crippen LogP contribution in [0.25, 0.3) is 0 Å². The maximum Gasteiger partial charge on any atom is 0.166 e. The Labute approximate surface area is 296 Å². The van der Waals surface area contributed by atoms with E-state index in [0.717, 1.165) is 80.9 Å². The first kappa shape index (κ1) is 39.7. The summed E-state index contributed by atoms with van der Waals surface area (Å²) in [7, 11) is 0. The van der Waals surface area contributed by atoms with Gasteiger partial charge in [0.15, 0.2) is 23.1 Å². The van der Waals surface area contributed by atoms with Gasteiger partial charge >= 0.3 is 0 Å². The minimum atomic E-state index is -0.387. The van der Waals surface area contributed by atoms with Gasteiger partial charge in [-0.2, -0.15) is 0 Å². The van der Waals surface area contributed by atoms with Crippen LogP contribution in [-0.2, 0) is 6.42 Å². The molecular formula is C45H58F2O2. The van der Waals surface area contributed by atoms with Crippen molar-refractivity contribution in [3.63, 3.8) is 0 Å². The fourth-order valence-corrected chi connectivity index (χ4v) is 5.72. The van der Waals surface area contributed by atoms with Crippen molar-refractivity contribution in [2.45, 2.75) is 136 Å². The van der Waals surface area contributed by atoms with Crippen LogP contribution in [0.3, 0.4) is 0 Å². The van der Waals surface area contributed by atoms with Crippen molar-refractivity contribution in [1.29, 1.82) is 0 Å². The smallest absolute Gasteiger partial charge is 0.166 e. The number of ether oxygens (including phenoxy) is 2. The van der Waals surface area contributed by atoms with E-state index in [4.69, 9.17) is 9.47 Å². The minimum Gasteiger partial charge on any atom is -0.491 e. The largest absolute Gasteiger partial charge is 0.491 e. The van der Waals surface area contributed by atoms with Gasteiger partial charge in [-0.05, 0) is 85.8 Å². The van der Waals surface area contributed by atoms with Crippen molar-refractivity contribution in [3.05, 3.63) is 94.0 Å². The monoisotopic (exact) mass is 668 g/mol. The molecule has 0 fully saturated rings. The molecule has 0 aliphatic heterocycles. The normalized spacial score (nSPS) is 10.6. The highest BCUT2D eigenvalue weighted by atomic mass is 19.1. The van der Waals surface area contributed by atoms with Gasteiger partial charge in [-0.3, -0.25) is 0 Å². The molecule has 0 amide bonds. The van der Waals surface area contributed by atoms with Crippen LogP contribution in [0.2, 0.25) is 0 Å². The Kier molecular flexibility index (Phi) is 19.7. The molecule has 3 rings (SSSR count). The molecule has 0 N–H and O–H groups in total. The number of unbranched alkanes of at least 4 members (excludes halogenated alkanes) is 14. The molecule has 0 atom stereocenters.